The molecule has 1 heterocycles. The van der Waals surface area contributed by atoms with E-state index < -0.39 is 11.9 Å². The topological polar surface area (TPSA) is 83.4 Å². The van der Waals surface area contributed by atoms with Crippen molar-refractivity contribution < 1.29 is 18.4 Å². The molecule has 1 aromatic carbocycles. The molecule has 0 saturated carbocycles. The van der Waals surface area contributed by atoms with Crippen LogP contribution in [0, 0.1) is 5.82 Å². The zero-order valence-electron chi connectivity index (χ0n) is 12.0. The summed E-state index contributed by atoms with van der Waals surface area (Å²) < 4.78 is 28.9. The summed E-state index contributed by atoms with van der Waals surface area (Å²) in [7, 11) is 1.40. The molecule has 0 aliphatic carbocycles. The van der Waals surface area contributed by atoms with Crippen molar-refractivity contribution >= 4 is 0 Å². The molecule has 0 aliphatic rings. The number of hydrogen-bond donors (Lipinski definition) is 1. The molecule has 7 heteroatoms. The molecule has 0 spiro atoms. The number of benzene rings is 1. The SMILES string of the molecule is CCCOCC(N)c1noc(-c2ccc(OC)c(F)c2)n1. The van der Waals surface area contributed by atoms with Crippen molar-refractivity contribution in [1.82, 2.24) is 10.1 Å². The normalized spacial score (nSPS) is 12.4. The Morgan fingerprint density at radius 2 is 2.24 bits per heavy atom. The van der Waals surface area contributed by atoms with Crippen LogP contribution in [-0.2, 0) is 4.74 Å². The van der Waals surface area contributed by atoms with E-state index in [1.807, 2.05) is 6.92 Å². The van der Waals surface area contributed by atoms with Gasteiger partial charge in [0.25, 0.3) is 5.89 Å². The highest BCUT2D eigenvalue weighted by atomic mass is 19.1. The summed E-state index contributed by atoms with van der Waals surface area (Å²) >= 11 is 0. The van der Waals surface area contributed by atoms with Crippen molar-refractivity contribution in [2.24, 2.45) is 5.73 Å². The smallest absolute Gasteiger partial charge is 0.258 e. The fourth-order valence-corrected chi connectivity index (χ4v) is 1.73. The van der Waals surface area contributed by atoms with Crippen molar-refractivity contribution in [3.05, 3.63) is 29.8 Å². The van der Waals surface area contributed by atoms with Gasteiger partial charge in [-0.3, -0.25) is 0 Å². The molecular formula is C14H18FN3O3. The molecule has 2 aromatic rings. The lowest BCUT2D eigenvalue weighted by Gasteiger charge is -2.06. The van der Waals surface area contributed by atoms with Gasteiger partial charge in [0.2, 0.25) is 0 Å². The number of nitrogens with zero attached hydrogens (tertiary/aromatic N) is 2. The largest absolute Gasteiger partial charge is 0.494 e. The van der Waals surface area contributed by atoms with Crippen LogP contribution < -0.4 is 10.5 Å². The molecule has 114 valence electrons. The molecule has 0 fully saturated rings. The zero-order chi connectivity index (χ0) is 15.2. The Kier molecular flexibility index (Phi) is 5.24. The molecular weight excluding hydrogens is 277 g/mol. The fraction of sp³-hybridized carbons (Fsp3) is 0.429. The second-order valence-electron chi connectivity index (χ2n) is 4.49. The molecule has 0 aliphatic heterocycles. The van der Waals surface area contributed by atoms with Crippen LogP contribution in [0.25, 0.3) is 11.5 Å². The Morgan fingerprint density at radius 1 is 1.43 bits per heavy atom. The van der Waals surface area contributed by atoms with Crippen LogP contribution in [0.15, 0.2) is 22.7 Å². The van der Waals surface area contributed by atoms with Crippen molar-refractivity contribution in [2.45, 2.75) is 19.4 Å². The number of methoxy groups -OCH3 is 1. The van der Waals surface area contributed by atoms with E-state index in [1.54, 1.807) is 6.07 Å². The van der Waals surface area contributed by atoms with Crippen LogP contribution in [0.3, 0.4) is 0 Å². The molecule has 2 N–H and O–H groups in total. The lowest BCUT2D eigenvalue weighted by Crippen LogP contribution is -2.18. The van der Waals surface area contributed by atoms with E-state index in [2.05, 4.69) is 10.1 Å². The van der Waals surface area contributed by atoms with E-state index >= 15 is 0 Å². The molecule has 0 radical (unpaired) electrons. The Bertz CT molecular complexity index is 589. The Morgan fingerprint density at radius 3 is 2.90 bits per heavy atom. The maximum absolute atomic E-state index is 13.6. The van der Waals surface area contributed by atoms with E-state index in [0.717, 1.165) is 6.42 Å². The highest BCUT2D eigenvalue weighted by Gasteiger charge is 2.16. The molecule has 1 aromatic heterocycles. The number of nitrogens with two attached hydrogens (primary N) is 1. The third-order valence-electron chi connectivity index (χ3n) is 2.82. The number of hydrogen-bond acceptors (Lipinski definition) is 6. The summed E-state index contributed by atoms with van der Waals surface area (Å²) in [6.07, 6.45) is 0.912. The molecule has 1 atom stereocenters. The van der Waals surface area contributed by atoms with Crippen molar-refractivity contribution in [1.29, 1.82) is 0 Å². The van der Waals surface area contributed by atoms with Crippen LogP contribution in [0.4, 0.5) is 4.39 Å². The van der Waals surface area contributed by atoms with Gasteiger partial charge in [-0.25, -0.2) is 4.39 Å². The first kappa shape index (κ1) is 15.4. The average molecular weight is 295 g/mol. The first-order chi connectivity index (χ1) is 10.2. The Balaban J connectivity index is 2.10. The second-order valence-corrected chi connectivity index (χ2v) is 4.49. The standard InChI is InChI=1S/C14H18FN3O3/c1-3-6-20-8-11(16)13-17-14(21-18-13)9-4-5-12(19-2)10(15)7-9/h4-5,7,11H,3,6,8,16H2,1-2H3. The van der Waals surface area contributed by atoms with Gasteiger partial charge >= 0.3 is 0 Å². The summed E-state index contributed by atoms with van der Waals surface area (Å²) in [5, 5.41) is 3.80. The van der Waals surface area contributed by atoms with Crippen molar-refractivity contribution in [2.75, 3.05) is 20.3 Å². The number of ether oxygens (including phenoxy) is 2. The zero-order valence-corrected chi connectivity index (χ0v) is 12.0. The molecule has 6 nitrogen and oxygen atoms in total. The third kappa shape index (κ3) is 3.77. The Labute approximate surface area is 122 Å². The minimum absolute atomic E-state index is 0.156. The van der Waals surface area contributed by atoms with Gasteiger partial charge in [-0.15, -0.1) is 0 Å². The lowest BCUT2D eigenvalue weighted by atomic mass is 10.2. The predicted molar refractivity (Wildman–Crippen MR) is 74.3 cm³/mol. The monoisotopic (exact) mass is 295 g/mol. The van der Waals surface area contributed by atoms with Crippen LogP contribution >= 0.6 is 0 Å². The fourth-order valence-electron chi connectivity index (χ4n) is 1.73. The van der Waals surface area contributed by atoms with E-state index in [0.29, 0.717) is 24.6 Å². The predicted octanol–water partition coefficient (Wildman–Crippen LogP) is 2.31. The minimum Gasteiger partial charge on any atom is -0.494 e. The average Bonchev–Trinajstić information content (AvgIpc) is 2.97. The molecule has 1 unspecified atom stereocenters. The summed E-state index contributed by atoms with van der Waals surface area (Å²) in [5.74, 6) is 0.198. The summed E-state index contributed by atoms with van der Waals surface area (Å²) in [5.41, 5.74) is 6.37. The second kappa shape index (κ2) is 7.14. The van der Waals surface area contributed by atoms with E-state index in [4.69, 9.17) is 19.7 Å². The maximum Gasteiger partial charge on any atom is 0.258 e. The van der Waals surface area contributed by atoms with E-state index in [-0.39, 0.29) is 11.6 Å². The minimum atomic E-state index is -0.495. The maximum atomic E-state index is 13.6. The first-order valence-electron chi connectivity index (χ1n) is 6.66. The highest BCUT2D eigenvalue weighted by Crippen LogP contribution is 2.24. The molecule has 0 amide bonds. The van der Waals surface area contributed by atoms with Crippen molar-refractivity contribution in [3.63, 3.8) is 0 Å². The van der Waals surface area contributed by atoms with E-state index in [9.17, 15) is 4.39 Å². The van der Waals surface area contributed by atoms with Crippen LogP contribution in [-0.4, -0.2) is 30.5 Å². The van der Waals surface area contributed by atoms with Gasteiger partial charge < -0.3 is 19.7 Å². The quantitative estimate of drug-likeness (QED) is 0.789. The molecule has 0 saturated heterocycles. The number of rotatable bonds is 7. The first-order valence-corrected chi connectivity index (χ1v) is 6.66. The summed E-state index contributed by atoms with van der Waals surface area (Å²) in [4.78, 5) is 4.17. The van der Waals surface area contributed by atoms with Gasteiger partial charge in [0.1, 0.15) is 0 Å². The third-order valence-corrected chi connectivity index (χ3v) is 2.82. The number of aromatic nitrogens is 2. The Hall–Kier alpha value is -1.99. The highest BCUT2D eigenvalue weighted by molar-refractivity contribution is 5.54. The number of halogens is 1. The van der Waals surface area contributed by atoms with Gasteiger partial charge in [-0.05, 0) is 24.6 Å². The van der Waals surface area contributed by atoms with Crippen LogP contribution in [0.1, 0.15) is 25.2 Å². The molecule has 0 bridgehead atoms. The van der Waals surface area contributed by atoms with Crippen molar-refractivity contribution in [3.8, 4) is 17.2 Å². The summed E-state index contributed by atoms with van der Waals surface area (Å²) in [6.45, 7) is 2.95. The lowest BCUT2D eigenvalue weighted by molar-refractivity contribution is 0.119. The summed E-state index contributed by atoms with van der Waals surface area (Å²) in [6, 6.07) is 3.93. The molecule has 21 heavy (non-hydrogen) atoms. The van der Waals surface area contributed by atoms with E-state index in [1.165, 1.54) is 19.2 Å². The van der Waals surface area contributed by atoms with Gasteiger partial charge in [0.15, 0.2) is 17.4 Å². The van der Waals surface area contributed by atoms with Crippen LogP contribution in [0.5, 0.6) is 5.75 Å². The molecule has 2 rings (SSSR count). The van der Waals surface area contributed by atoms with Gasteiger partial charge in [-0.2, -0.15) is 4.98 Å². The van der Waals surface area contributed by atoms with Gasteiger partial charge in [0.05, 0.1) is 19.8 Å². The van der Waals surface area contributed by atoms with Gasteiger partial charge in [-0.1, -0.05) is 12.1 Å². The van der Waals surface area contributed by atoms with Crippen LogP contribution in [0.2, 0.25) is 0 Å². The van der Waals surface area contributed by atoms with Gasteiger partial charge in [0, 0.05) is 12.2 Å².